The number of rotatable bonds is 14. The Morgan fingerprint density at radius 1 is 1.16 bits per heavy atom. The largest absolute Gasteiger partial charge is 0.491 e. The molecule has 1 aromatic carbocycles. The Bertz CT molecular complexity index is 990. The van der Waals surface area contributed by atoms with Crippen molar-refractivity contribution in [1.29, 1.82) is 0 Å². The topological polar surface area (TPSA) is 169 Å². The molecule has 0 aliphatic rings. The number of hydrogen-bond donors (Lipinski definition) is 5. The smallest absolute Gasteiger partial charge is 0.407 e. The average molecular weight is 535 g/mol. The van der Waals surface area contributed by atoms with E-state index in [4.69, 9.17) is 15.2 Å². The van der Waals surface area contributed by atoms with Crippen molar-refractivity contribution in [2.75, 3.05) is 19.8 Å². The van der Waals surface area contributed by atoms with Gasteiger partial charge in [0.1, 0.15) is 35.8 Å². The summed E-state index contributed by atoms with van der Waals surface area (Å²) < 4.78 is 11.1. The summed E-state index contributed by atoms with van der Waals surface area (Å²) in [6, 6.07) is 3.41. The molecule has 38 heavy (non-hydrogen) atoms. The Kier molecular flexibility index (Phi) is 12.4. The number of allylic oxidation sites excluding steroid dienone is 1. The van der Waals surface area contributed by atoms with Gasteiger partial charge in [-0.1, -0.05) is 25.1 Å². The zero-order chi connectivity index (χ0) is 29.1. The fraction of sp³-hybridized carbons (Fsp3) is 0.556. The van der Waals surface area contributed by atoms with Crippen molar-refractivity contribution in [3.8, 4) is 5.75 Å². The van der Waals surface area contributed by atoms with Crippen molar-refractivity contribution in [2.45, 2.75) is 77.1 Å². The van der Waals surface area contributed by atoms with E-state index in [9.17, 15) is 24.3 Å². The summed E-state index contributed by atoms with van der Waals surface area (Å²) in [5.74, 6) is -0.724. The molecule has 0 heterocycles. The molecule has 0 fully saturated rings. The molecular formula is C27H42N4O7. The number of carbonyl (C=O) groups excluding carboxylic acids is 4. The Labute approximate surface area is 224 Å². The van der Waals surface area contributed by atoms with Gasteiger partial charge in [-0.05, 0) is 46.2 Å². The standard InChI is InChI=1S/C27H42N4O7/c1-8-17(2)20-13-19(9-10-22(20)37-12-11-29-25(36)38-26(4,5)6)14-21(30-23(34)18(3)28)24(35)31-27(7,15-32)16-33/h8-10,13,15,17-18,21,33H,1,11-12,14,16,28H2,2-7H3,(H,29,36)(H,30,34)(H,31,35)/t17?,18-,21-,27?/m0/s1. The monoisotopic (exact) mass is 534 g/mol. The van der Waals surface area contributed by atoms with Gasteiger partial charge < -0.3 is 41.1 Å². The van der Waals surface area contributed by atoms with Gasteiger partial charge in [0.15, 0.2) is 0 Å². The minimum absolute atomic E-state index is 0.0853. The fourth-order valence-electron chi connectivity index (χ4n) is 3.19. The van der Waals surface area contributed by atoms with Gasteiger partial charge in [-0.15, -0.1) is 6.58 Å². The maximum absolute atomic E-state index is 13.0. The van der Waals surface area contributed by atoms with Gasteiger partial charge in [-0.3, -0.25) is 9.59 Å². The van der Waals surface area contributed by atoms with Crippen LogP contribution in [0, 0.1) is 0 Å². The van der Waals surface area contributed by atoms with Gasteiger partial charge in [-0.25, -0.2) is 4.79 Å². The molecule has 0 radical (unpaired) electrons. The van der Waals surface area contributed by atoms with E-state index in [1.165, 1.54) is 13.8 Å². The highest BCUT2D eigenvalue weighted by Gasteiger charge is 2.30. The third-order valence-corrected chi connectivity index (χ3v) is 5.43. The van der Waals surface area contributed by atoms with Gasteiger partial charge in [0.2, 0.25) is 11.8 Å². The predicted octanol–water partition coefficient (Wildman–Crippen LogP) is 1.32. The van der Waals surface area contributed by atoms with E-state index >= 15 is 0 Å². The van der Waals surface area contributed by atoms with Crippen molar-refractivity contribution < 1.29 is 33.8 Å². The zero-order valence-corrected chi connectivity index (χ0v) is 23.1. The molecule has 212 valence electrons. The number of aldehydes is 1. The molecular weight excluding hydrogens is 492 g/mol. The normalized spacial score (nSPS) is 15.2. The molecule has 6 N–H and O–H groups in total. The number of nitrogens with two attached hydrogens (primary N) is 1. The van der Waals surface area contributed by atoms with E-state index in [-0.39, 0.29) is 25.5 Å². The van der Waals surface area contributed by atoms with E-state index in [0.717, 1.165) is 5.56 Å². The van der Waals surface area contributed by atoms with Crippen molar-refractivity contribution in [3.63, 3.8) is 0 Å². The summed E-state index contributed by atoms with van der Waals surface area (Å²) >= 11 is 0. The van der Waals surface area contributed by atoms with E-state index in [1.54, 1.807) is 39.0 Å². The maximum Gasteiger partial charge on any atom is 0.407 e. The van der Waals surface area contributed by atoms with E-state index in [0.29, 0.717) is 17.6 Å². The number of hydrogen-bond acceptors (Lipinski definition) is 8. The number of nitrogens with one attached hydrogen (secondary N) is 3. The molecule has 0 saturated heterocycles. The lowest BCUT2D eigenvalue weighted by atomic mass is 9.95. The SMILES string of the molecule is C=CC(C)c1cc(C[C@H](NC(=O)[C@H](C)N)C(=O)NC(C)(C=O)CO)ccc1OCCNC(=O)OC(C)(C)C. The van der Waals surface area contributed by atoms with Gasteiger partial charge >= 0.3 is 6.09 Å². The first-order chi connectivity index (χ1) is 17.6. The van der Waals surface area contributed by atoms with Crippen LogP contribution in [0.2, 0.25) is 0 Å². The Morgan fingerprint density at radius 2 is 1.82 bits per heavy atom. The third kappa shape index (κ3) is 10.9. The van der Waals surface area contributed by atoms with Crippen molar-refractivity contribution in [2.24, 2.45) is 5.73 Å². The van der Waals surface area contributed by atoms with Crippen LogP contribution in [0.4, 0.5) is 4.79 Å². The lowest BCUT2D eigenvalue weighted by Crippen LogP contribution is -2.58. The van der Waals surface area contributed by atoms with Gasteiger partial charge in [-0.2, -0.15) is 0 Å². The second-order valence-electron chi connectivity index (χ2n) is 10.4. The Morgan fingerprint density at radius 3 is 2.34 bits per heavy atom. The molecule has 2 unspecified atom stereocenters. The van der Waals surface area contributed by atoms with Crippen LogP contribution in [-0.4, -0.2) is 72.3 Å². The second kappa shape index (κ2) is 14.5. The Balaban J connectivity index is 3.08. The summed E-state index contributed by atoms with van der Waals surface area (Å²) in [7, 11) is 0. The van der Waals surface area contributed by atoms with Crippen molar-refractivity contribution in [3.05, 3.63) is 42.0 Å². The number of aliphatic hydroxyl groups is 1. The molecule has 0 spiro atoms. The first-order valence-electron chi connectivity index (χ1n) is 12.4. The highest BCUT2D eigenvalue weighted by Crippen LogP contribution is 2.29. The van der Waals surface area contributed by atoms with Crippen LogP contribution in [-0.2, 0) is 25.5 Å². The molecule has 1 aromatic rings. The number of carbonyl (C=O) groups is 4. The first-order valence-corrected chi connectivity index (χ1v) is 12.4. The van der Waals surface area contributed by atoms with Crippen LogP contribution in [0.3, 0.4) is 0 Å². The summed E-state index contributed by atoms with van der Waals surface area (Å²) in [5.41, 5.74) is 5.06. The summed E-state index contributed by atoms with van der Waals surface area (Å²) in [4.78, 5) is 48.5. The molecule has 11 nitrogen and oxygen atoms in total. The van der Waals surface area contributed by atoms with E-state index in [1.807, 2.05) is 13.0 Å². The molecule has 3 amide bonds. The van der Waals surface area contributed by atoms with E-state index in [2.05, 4.69) is 22.5 Å². The average Bonchev–Trinajstić information content (AvgIpc) is 2.84. The number of amides is 3. The van der Waals surface area contributed by atoms with E-state index < -0.39 is 47.7 Å². The molecule has 0 aromatic heterocycles. The zero-order valence-electron chi connectivity index (χ0n) is 23.1. The van der Waals surface area contributed by atoms with Crippen LogP contribution in [0.1, 0.15) is 58.6 Å². The number of benzene rings is 1. The molecule has 1 rings (SSSR count). The molecule has 11 heteroatoms. The number of alkyl carbamates (subject to hydrolysis) is 1. The highest BCUT2D eigenvalue weighted by molar-refractivity contribution is 5.91. The van der Waals surface area contributed by atoms with Gasteiger partial charge in [0, 0.05) is 17.9 Å². The quantitative estimate of drug-likeness (QED) is 0.135. The predicted molar refractivity (Wildman–Crippen MR) is 144 cm³/mol. The summed E-state index contributed by atoms with van der Waals surface area (Å²) in [5, 5.41) is 17.2. The van der Waals surface area contributed by atoms with Gasteiger partial charge in [0.25, 0.3) is 0 Å². The minimum atomic E-state index is -1.50. The number of ether oxygens (including phenoxy) is 2. The fourth-order valence-corrected chi connectivity index (χ4v) is 3.19. The number of aliphatic hydroxyl groups excluding tert-OH is 1. The lowest BCUT2D eigenvalue weighted by molar-refractivity contribution is -0.132. The van der Waals surface area contributed by atoms with Crippen molar-refractivity contribution >= 4 is 24.2 Å². The van der Waals surface area contributed by atoms with Crippen LogP contribution in [0.15, 0.2) is 30.9 Å². The van der Waals surface area contributed by atoms with Gasteiger partial charge in [0.05, 0.1) is 19.2 Å². The van der Waals surface area contributed by atoms with Crippen LogP contribution in [0.5, 0.6) is 5.75 Å². The van der Waals surface area contributed by atoms with Crippen LogP contribution in [0.25, 0.3) is 0 Å². The van der Waals surface area contributed by atoms with Crippen LogP contribution >= 0.6 is 0 Å². The molecule has 4 atom stereocenters. The van der Waals surface area contributed by atoms with Crippen molar-refractivity contribution in [1.82, 2.24) is 16.0 Å². The summed E-state index contributed by atoms with van der Waals surface area (Å²) in [6.07, 6.45) is 1.72. The Hall–Kier alpha value is -3.44. The van der Waals surface area contributed by atoms with Crippen LogP contribution < -0.4 is 26.4 Å². The first kappa shape index (κ1) is 32.6. The molecule has 0 aliphatic heterocycles. The maximum atomic E-state index is 13.0. The lowest BCUT2D eigenvalue weighted by Gasteiger charge is -2.27. The molecule has 0 aliphatic carbocycles. The third-order valence-electron chi connectivity index (χ3n) is 5.43. The highest BCUT2D eigenvalue weighted by atomic mass is 16.6. The molecule has 0 bridgehead atoms. The minimum Gasteiger partial charge on any atom is -0.491 e. The second-order valence-corrected chi connectivity index (χ2v) is 10.4. The molecule has 0 saturated carbocycles. The summed E-state index contributed by atoms with van der Waals surface area (Å²) in [6.45, 7) is 13.8.